The highest BCUT2D eigenvalue weighted by Gasteiger charge is 2.19. The highest BCUT2D eigenvalue weighted by molar-refractivity contribution is 5.79. The van der Waals surface area contributed by atoms with E-state index < -0.39 is 11.9 Å². The molecule has 2 N–H and O–H groups in total. The average Bonchev–Trinajstić information content (AvgIpc) is 2.38. The van der Waals surface area contributed by atoms with E-state index in [-0.39, 0.29) is 18.9 Å². The highest BCUT2D eigenvalue weighted by atomic mass is 16.4. The van der Waals surface area contributed by atoms with Crippen molar-refractivity contribution in [3.63, 3.8) is 0 Å². The molecule has 4 heteroatoms. The first-order valence-corrected chi connectivity index (χ1v) is 7.35. The summed E-state index contributed by atoms with van der Waals surface area (Å²) in [7, 11) is 0. The molecule has 116 valence electrons. The lowest BCUT2D eigenvalue weighted by atomic mass is 9.97. The number of carboxylic acid groups (broad SMARTS) is 1. The van der Waals surface area contributed by atoms with Gasteiger partial charge in [0.25, 0.3) is 0 Å². The van der Waals surface area contributed by atoms with Crippen LogP contribution >= 0.6 is 0 Å². The number of hydrogen-bond acceptors (Lipinski definition) is 2. The molecule has 0 spiro atoms. The number of aliphatic carboxylic acids is 1. The van der Waals surface area contributed by atoms with E-state index in [0.717, 1.165) is 11.1 Å². The van der Waals surface area contributed by atoms with Crippen molar-refractivity contribution < 1.29 is 14.7 Å². The summed E-state index contributed by atoms with van der Waals surface area (Å²) >= 11 is 0. The highest BCUT2D eigenvalue weighted by Crippen LogP contribution is 2.12. The largest absolute Gasteiger partial charge is 0.481 e. The number of benzene rings is 1. The Bertz CT molecular complexity index is 509. The van der Waals surface area contributed by atoms with Gasteiger partial charge in [-0.3, -0.25) is 9.59 Å². The molecule has 4 nitrogen and oxygen atoms in total. The van der Waals surface area contributed by atoms with E-state index in [4.69, 9.17) is 5.11 Å². The van der Waals surface area contributed by atoms with Gasteiger partial charge in [-0.25, -0.2) is 0 Å². The van der Waals surface area contributed by atoms with E-state index in [9.17, 15) is 9.59 Å². The van der Waals surface area contributed by atoms with Gasteiger partial charge in [0.05, 0.1) is 12.3 Å². The fraction of sp³-hybridized carbons (Fsp3) is 0.529. The Hall–Kier alpha value is -1.84. The number of carboxylic acids is 1. The third-order valence-electron chi connectivity index (χ3n) is 3.59. The van der Waals surface area contributed by atoms with Crippen LogP contribution in [0.5, 0.6) is 0 Å². The van der Waals surface area contributed by atoms with Gasteiger partial charge in [-0.2, -0.15) is 0 Å². The Kier molecular flexibility index (Phi) is 6.40. The second kappa shape index (κ2) is 7.81. The van der Waals surface area contributed by atoms with Crippen molar-refractivity contribution in [2.75, 3.05) is 6.54 Å². The van der Waals surface area contributed by atoms with E-state index >= 15 is 0 Å². The monoisotopic (exact) mass is 291 g/mol. The molecule has 1 aromatic carbocycles. The minimum Gasteiger partial charge on any atom is -0.481 e. The number of carbonyl (C=O) groups excluding carboxylic acids is 1. The van der Waals surface area contributed by atoms with Gasteiger partial charge in [0, 0.05) is 6.54 Å². The Balaban J connectivity index is 2.52. The van der Waals surface area contributed by atoms with Crippen molar-refractivity contribution in [2.45, 2.75) is 40.5 Å². The summed E-state index contributed by atoms with van der Waals surface area (Å²) in [5.74, 6) is -1.21. The third kappa shape index (κ3) is 5.98. The molecule has 0 fully saturated rings. The molecule has 1 rings (SSSR count). The third-order valence-corrected chi connectivity index (χ3v) is 3.59. The number of rotatable bonds is 7. The molecule has 0 aliphatic carbocycles. The molecule has 0 radical (unpaired) electrons. The van der Waals surface area contributed by atoms with Crippen molar-refractivity contribution in [3.05, 3.63) is 34.9 Å². The summed E-state index contributed by atoms with van der Waals surface area (Å²) in [5, 5.41) is 11.9. The van der Waals surface area contributed by atoms with Gasteiger partial charge in [0.1, 0.15) is 0 Å². The molecule has 0 saturated heterocycles. The van der Waals surface area contributed by atoms with E-state index in [1.165, 1.54) is 5.56 Å². The molecule has 1 amide bonds. The minimum absolute atomic E-state index is 0.131. The van der Waals surface area contributed by atoms with E-state index in [2.05, 4.69) is 5.32 Å². The van der Waals surface area contributed by atoms with Crippen LogP contribution in [0.3, 0.4) is 0 Å². The van der Waals surface area contributed by atoms with Gasteiger partial charge >= 0.3 is 5.97 Å². The van der Waals surface area contributed by atoms with Crippen molar-refractivity contribution in [1.82, 2.24) is 5.32 Å². The summed E-state index contributed by atoms with van der Waals surface area (Å²) in [5.41, 5.74) is 3.30. The molecule has 21 heavy (non-hydrogen) atoms. The Morgan fingerprint density at radius 1 is 1.19 bits per heavy atom. The molecular weight excluding hydrogens is 266 g/mol. The predicted molar refractivity (Wildman–Crippen MR) is 83.2 cm³/mol. The molecule has 0 bridgehead atoms. The lowest BCUT2D eigenvalue weighted by Gasteiger charge is -2.15. The zero-order valence-corrected chi connectivity index (χ0v) is 13.3. The van der Waals surface area contributed by atoms with E-state index in [1.807, 2.05) is 45.9 Å². The zero-order valence-electron chi connectivity index (χ0n) is 13.3. The number of hydrogen-bond donors (Lipinski definition) is 2. The van der Waals surface area contributed by atoms with E-state index in [0.29, 0.717) is 12.3 Å². The molecule has 0 saturated carbocycles. The SMILES string of the molecule is Cc1ccc(CC(=O)NCC(CC(C)C)C(=O)O)cc1C. The van der Waals surface area contributed by atoms with Gasteiger partial charge in [0.15, 0.2) is 0 Å². The van der Waals surface area contributed by atoms with Gasteiger partial charge < -0.3 is 10.4 Å². The van der Waals surface area contributed by atoms with Crippen LogP contribution in [0.2, 0.25) is 0 Å². The van der Waals surface area contributed by atoms with E-state index in [1.54, 1.807) is 0 Å². The maximum absolute atomic E-state index is 11.9. The summed E-state index contributed by atoms with van der Waals surface area (Å²) in [6, 6.07) is 5.93. The van der Waals surface area contributed by atoms with Gasteiger partial charge in [0.2, 0.25) is 5.91 Å². The van der Waals surface area contributed by atoms with Crippen LogP contribution in [0.1, 0.15) is 37.0 Å². The van der Waals surface area contributed by atoms with Crippen LogP contribution in [-0.2, 0) is 16.0 Å². The number of aryl methyl sites for hydroxylation is 2. The normalized spacial score (nSPS) is 12.2. The topological polar surface area (TPSA) is 66.4 Å². The number of amides is 1. The molecule has 0 aliphatic rings. The minimum atomic E-state index is -0.852. The maximum Gasteiger partial charge on any atom is 0.308 e. The van der Waals surface area contributed by atoms with Crippen molar-refractivity contribution in [1.29, 1.82) is 0 Å². The lowest BCUT2D eigenvalue weighted by Crippen LogP contribution is -2.34. The second-order valence-corrected chi connectivity index (χ2v) is 6.06. The van der Waals surface area contributed by atoms with Crippen molar-refractivity contribution in [3.8, 4) is 0 Å². The Morgan fingerprint density at radius 3 is 2.38 bits per heavy atom. The molecule has 1 atom stereocenters. The average molecular weight is 291 g/mol. The lowest BCUT2D eigenvalue weighted by molar-refractivity contribution is -0.142. The number of carbonyl (C=O) groups is 2. The molecule has 0 heterocycles. The zero-order chi connectivity index (χ0) is 16.0. The Morgan fingerprint density at radius 2 is 1.86 bits per heavy atom. The number of nitrogens with one attached hydrogen (secondary N) is 1. The first kappa shape index (κ1) is 17.2. The molecule has 0 aromatic heterocycles. The summed E-state index contributed by atoms with van der Waals surface area (Å²) in [6.07, 6.45) is 0.856. The summed E-state index contributed by atoms with van der Waals surface area (Å²) < 4.78 is 0. The van der Waals surface area contributed by atoms with Crippen molar-refractivity contribution >= 4 is 11.9 Å². The van der Waals surface area contributed by atoms with Gasteiger partial charge in [-0.15, -0.1) is 0 Å². The summed E-state index contributed by atoms with van der Waals surface area (Å²) in [6.45, 7) is 8.19. The molecule has 1 unspecified atom stereocenters. The van der Waals surface area contributed by atoms with Crippen molar-refractivity contribution in [2.24, 2.45) is 11.8 Å². The second-order valence-electron chi connectivity index (χ2n) is 6.06. The Labute approximate surface area is 126 Å². The van der Waals surface area contributed by atoms with Crippen LogP contribution in [0.15, 0.2) is 18.2 Å². The predicted octanol–water partition coefficient (Wildman–Crippen LogP) is 2.71. The first-order valence-electron chi connectivity index (χ1n) is 7.35. The molecular formula is C17H25NO3. The van der Waals surface area contributed by atoms with Crippen LogP contribution in [0.25, 0.3) is 0 Å². The fourth-order valence-corrected chi connectivity index (χ4v) is 2.24. The fourth-order valence-electron chi connectivity index (χ4n) is 2.24. The van der Waals surface area contributed by atoms with Crippen LogP contribution in [0, 0.1) is 25.7 Å². The summed E-state index contributed by atoms with van der Waals surface area (Å²) in [4.78, 5) is 23.1. The molecule has 0 aliphatic heterocycles. The smallest absolute Gasteiger partial charge is 0.308 e. The maximum atomic E-state index is 11.9. The molecule has 1 aromatic rings. The first-order chi connectivity index (χ1) is 9.79. The quantitative estimate of drug-likeness (QED) is 0.811. The van der Waals surface area contributed by atoms with Crippen LogP contribution < -0.4 is 5.32 Å². The standard InChI is InChI=1S/C17H25NO3/c1-11(2)7-15(17(20)21)10-18-16(19)9-14-6-5-12(3)13(4)8-14/h5-6,8,11,15H,7,9-10H2,1-4H3,(H,18,19)(H,20,21). The van der Waals surface area contributed by atoms with Crippen LogP contribution in [0.4, 0.5) is 0 Å². The van der Waals surface area contributed by atoms with Gasteiger partial charge in [-0.05, 0) is 42.9 Å². The van der Waals surface area contributed by atoms with Crippen LogP contribution in [-0.4, -0.2) is 23.5 Å². The van der Waals surface area contributed by atoms with Gasteiger partial charge in [-0.1, -0.05) is 32.0 Å².